The Hall–Kier alpha value is -1.98. The molecule has 0 atom stereocenters. The molecule has 0 spiro atoms. The molecule has 2 aromatic heterocycles. The summed E-state index contributed by atoms with van der Waals surface area (Å²) >= 11 is 2.33. The fraction of sp³-hybridized carbons (Fsp3) is 0.458. The van der Waals surface area contributed by atoms with Gasteiger partial charge in [0.2, 0.25) is 0 Å². The van der Waals surface area contributed by atoms with E-state index in [4.69, 9.17) is 9.47 Å². The molecular formula is C24H33IN4O3Si. The van der Waals surface area contributed by atoms with Gasteiger partial charge in [-0.1, -0.05) is 31.8 Å². The van der Waals surface area contributed by atoms with Gasteiger partial charge in [-0.05, 0) is 67.1 Å². The number of rotatable bonds is 8. The molecule has 0 radical (unpaired) electrons. The molecule has 7 nitrogen and oxygen atoms in total. The Labute approximate surface area is 210 Å². The summed E-state index contributed by atoms with van der Waals surface area (Å²) in [5.41, 5.74) is 3.00. The smallest absolute Gasteiger partial charge is 0.412 e. The maximum Gasteiger partial charge on any atom is 0.412 e. The summed E-state index contributed by atoms with van der Waals surface area (Å²) in [5.74, 6) is 0. The van der Waals surface area contributed by atoms with Crippen LogP contribution in [-0.2, 0) is 22.6 Å². The highest BCUT2D eigenvalue weighted by molar-refractivity contribution is 14.1. The highest BCUT2D eigenvalue weighted by Gasteiger charge is 2.17. The molecule has 1 N–H and O–H groups in total. The topological polar surface area (TPSA) is 78.3 Å². The van der Waals surface area contributed by atoms with Crippen molar-refractivity contribution in [1.82, 2.24) is 14.5 Å². The molecule has 1 amide bonds. The minimum Gasteiger partial charge on any atom is -0.444 e. The first-order valence-electron chi connectivity index (χ1n) is 11.1. The lowest BCUT2D eigenvalue weighted by atomic mass is 10.1. The summed E-state index contributed by atoms with van der Waals surface area (Å²) in [4.78, 5) is 21.2. The lowest BCUT2D eigenvalue weighted by Gasteiger charge is -2.19. The van der Waals surface area contributed by atoms with Gasteiger partial charge in [-0.3, -0.25) is 5.32 Å². The zero-order valence-corrected chi connectivity index (χ0v) is 23.4. The van der Waals surface area contributed by atoms with E-state index in [0.29, 0.717) is 18.8 Å². The zero-order valence-electron chi connectivity index (χ0n) is 20.2. The van der Waals surface area contributed by atoms with Gasteiger partial charge in [-0.15, -0.1) is 0 Å². The number of carbonyl (C=O) groups is 1. The Morgan fingerprint density at radius 1 is 1.21 bits per heavy atom. The third kappa shape index (κ3) is 7.78. The molecule has 0 saturated heterocycles. The van der Waals surface area contributed by atoms with E-state index in [0.717, 1.165) is 38.5 Å². The fourth-order valence-corrected chi connectivity index (χ4v) is 4.93. The number of hydrogen-bond acceptors (Lipinski definition) is 5. The molecule has 0 aliphatic heterocycles. The first-order valence-corrected chi connectivity index (χ1v) is 15.8. The third-order valence-electron chi connectivity index (χ3n) is 4.86. The quantitative estimate of drug-likeness (QED) is 0.193. The summed E-state index contributed by atoms with van der Waals surface area (Å²) in [6.45, 7) is 13.8. The van der Waals surface area contributed by atoms with Crippen molar-refractivity contribution in [2.45, 2.75) is 65.2 Å². The lowest BCUT2D eigenvalue weighted by molar-refractivity contribution is 0.0636. The Kier molecular flexibility index (Phi) is 8.17. The van der Waals surface area contributed by atoms with Crippen molar-refractivity contribution in [2.75, 3.05) is 11.9 Å². The van der Waals surface area contributed by atoms with Crippen LogP contribution in [0.5, 0.6) is 0 Å². The van der Waals surface area contributed by atoms with Gasteiger partial charge < -0.3 is 14.0 Å². The van der Waals surface area contributed by atoms with Crippen molar-refractivity contribution < 1.29 is 14.3 Å². The molecule has 0 aliphatic carbocycles. The number of nitrogens with zero attached hydrogens (tertiary/aromatic N) is 3. The summed E-state index contributed by atoms with van der Waals surface area (Å²) in [6, 6.07) is 8.87. The van der Waals surface area contributed by atoms with Gasteiger partial charge >= 0.3 is 6.09 Å². The number of nitrogens with one attached hydrogen (secondary N) is 1. The average Bonchev–Trinajstić information content (AvgIpc) is 3.00. The molecule has 33 heavy (non-hydrogen) atoms. The predicted molar refractivity (Wildman–Crippen MR) is 143 cm³/mol. The lowest BCUT2D eigenvalue weighted by Crippen LogP contribution is -2.27. The van der Waals surface area contributed by atoms with E-state index in [9.17, 15) is 4.79 Å². The van der Waals surface area contributed by atoms with E-state index in [1.807, 2.05) is 49.6 Å². The van der Waals surface area contributed by atoms with Crippen molar-refractivity contribution in [1.29, 1.82) is 0 Å². The predicted octanol–water partition coefficient (Wildman–Crippen LogP) is 6.29. The Morgan fingerprint density at radius 3 is 2.67 bits per heavy atom. The largest absolute Gasteiger partial charge is 0.444 e. The van der Waals surface area contributed by atoms with Crippen molar-refractivity contribution in [3.63, 3.8) is 0 Å². The molecule has 0 bridgehead atoms. The standard InChI is InChI=1S/C24H33IN4O3Si/c1-24(2,3)32-23(30)28-18-9-7-8-17(12-18)13-20-21-19(25)14-29(22(21)27-15-26-20)16-31-10-11-33(4,5)6/h7-9,12,14-15H,10-11,13,16H2,1-6H3,(H,28,30). The zero-order chi connectivity index (χ0) is 24.2. The fourth-order valence-electron chi connectivity index (χ4n) is 3.28. The van der Waals surface area contributed by atoms with Crippen LogP contribution in [0.2, 0.25) is 25.7 Å². The maximum atomic E-state index is 12.1. The summed E-state index contributed by atoms with van der Waals surface area (Å²) in [7, 11) is -1.12. The van der Waals surface area contributed by atoms with E-state index in [2.05, 4.69) is 63.7 Å². The second-order valence-corrected chi connectivity index (χ2v) is 17.1. The van der Waals surface area contributed by atoms with Crippen LogP contribution in [-0.4, -0.2) is 40.9 Å². The number of aromatic nitrogens is 3. The number of anilines is 1. The number of halogens is 1. The number of ether oxygens (including phenoxy) is 2. The average molecular weight is 581 g/mol. The van der Waals surface area contributed by atoms with Crippen LogP contribution in [0.15, 0.2) is 36.8 Å². The first kappa shape index (κ1) is 25.6. The van der Waals surface area contributed by atoms with Crippen LogP contribution < -0.4 is 5.32 Å². The SMILES string of the molecule is CC(C)(C)OC(=O)Nc1cccc(Cc2ncnc3c2c(I)cn3COCC[Si](C)(C)C)c1. The van der Waals surface area contributed by atoms with E-state index in [1.54, 1.807) is 6.33 Å². The first-order chi connectivity index (χ1) is 15.4. The van der Waals surface area contributed by atoms with Gasteiger partial charge in [0.1, 0.15) is 24.3 Å². The van der Waals surface area contributed by atoms with Gasteiger partial charge in [-0.2, -0.15) is 0 Å². The highest BCUT2D eigenvalue weighted by Crippen LogP contribution is 2.26. The highest BCUT2D eigenvalue weighted by atomic mass is 127. The van der Waals surface area contributed by atoms with Crippen LogP contribution in [0.25, 0.3) is 11.0 Å². The normalized spacial score (nSPS) is 12.2. The van der Waals surface area contributed by atoms with E-state index < -0.39 is 19.8 Å². The van der Waals surface area contributed by atoms with Crippen molar-refractivity contribution in [3.05, 3.63) is 51.6 Å². The summed E-state index contributed by atoms with van der Waals surface area (Å²) < 4.78 is 14.4. The van der Waals surface area contributed by atoms with Gasteiger partial charge in [0.25, 0.3) is 0 Å². The van der Waals surface area contributed by atoms with Crippen molar-refractivity contribution in [2.24, 2.45) is 0 Å². The second-order valence-electron chi connectivity index (χ2n) is 10.3. The molecule has 3 rings (SSSR count). The molecule has 0 fully saturated rings. The number of carbonyl (C=O) groups excluding carboxylic acids is 1. The summed E-state index contributed by atoms with van der Waals surface area (Å²) in [6.07, 6.45) is 3.83. The molecule has 1 aromatic carbocycles. The molecular weight excluding hydrogens is 547 g/mol. The Bertz CT molecular complexity index is 1120. The number of hydrogen-bond donors (Lipinski definition) is 1. The van der Waals surface area contributed by atoms with Crippen LogP contribution in [0, 0.1) is 3.57 Å². The van der Waals surface area contributed by atoms with Crippen LogP contribution >= 0.6 is 22.6 Å². The van der Waals surface area contributed by atoms with Gasteiger partial charge in [-0.25, -0.2) is 14.8 Å². The van der Waals surface area contributed by atoms with Gasteiger partial charge in [0.05, 0.1) is 11.1 Å². The minimum absolute atomic E-state index is 0.468. The maximum absolute atomic E-state index is 12.1. The Morgan fingerprint density at radius 2 is 1.97 bits per heavy atom. The number of fused-ring (bicyclic) bond motifs is 1. The molecule has 3 aromatic rings. The second kappa shape index (κ2) is 10.5. The molecule has 178 valence electrons. The van der Waals surface area contributed by atoms with Crippen molar-refractivity contribution >= 4 is 53.5 Å². The van der Waals surface area contributed by atoms with E-state index in [-0.39, 0.29) is 0 Å². The third-order valence-corrected chi connectivity index (χ3v) is 7.38. The molecule has 9 heteroatoms. The molecule has 0 saturated carbocycles. The monoisotopic (exact) mass is 580 g/mol. The van der Waals surface area contributed by atoms with Crippen LogP contribution in [0.1, 0.15) is 32.0 Å². The van der Waals surface area contributed by atoms with Gasteiger partial charge in [0.15, 0.2) is 0 Å². The summed E-state index contributed by atoms with van der Waals surface area (Å²) in [5, 5.41) is 3.84. The van der Waals surface area contributed by atoms with Crippen molar-refractivity contribution in [3.8, 4) is 0 Å². The Balaban J connectivity index is 1.75. The van der Waals surface area contributed by atoms with E-state index in [1.165, 1.54) is 0 Å². The molecule has 2 heterocycles. The minimum atomic E-state index is -1.12. The van der Waals surface area contributed by atoms with Gasteiger partial charge in [0, 0.05) is 36.6 Å². The molecule has 0 unspecified atom stereocenters. The number of benzene rings is 1. The van der Waals surface area contributed by atoms with Crippen LogP contribution in [0.3, 0.4) is 0 Å². The van der Waals surface area contributed by atoms with Crippen LogP contribution in [0.4, 0.5) is 10.5 Å². The number of amides is 1. The molecule has 0 aliphatic rings. The van der Waals surface area contributed by atoms with E-state index >= 15 is 0 Å².